The molecule has 0 bridgehead atoms. The molecule has 182 valence electrons. The van der Waals surface area contributed by atoms with E-state index in [2.05, 4.69) is 34.9 Å². The lowest BCUT2D eigenvalue weighted by Gasteiger charge is -2.18. The van der Waals surface area contributed by atoms with Gasteiger partial charge in [0.25, 0.3) is 0 Å². The van der Waals surface area contributed by atoms with Crippen LogP contribution in [0.25, 0.3) is 11.1 Å². The molecule has 34 heavy (non-hydrogen) atoms. The molecule has 2 aromatic carbocycles. The zero-order valence-corrected chi connectivity index (χ0v) is 19.5. The van der Waals surface area contributed by atoms with E-state index in [1.165, 1.54) is 18.1 Å². The second-order valence-corrected chi connectivity index (χ2v) is 8.81. The molecule has 2 amide bonds. The number of carboxylic acid groups (broad SMARTS) is 1. The van der Waals surface area contributed by atoms with E-state index in [-0.39, 0.29) is 24.9 Å². The Bertz CT molecular complexity index is 976. The quantitative estimate of drug-likeness (QED) is 0.401. The molecule has 1 aliphatic rings. The SMILES string of the molecule is CC(CCNC(=O)OCC1c2ccccc2-c2ccccc21)CCC(=O)N[C@H](C(=O)O)[C@@H](C)O. The van der Waals surface area contributed by atoms with Gasteiger partial charge in [-0.1, -0.05) is 55.5 Å². The fraction of sp³-hybridized carbons (Fsp3) is 0.423. The lowest BCUT2D eigenvalue weighted by Crippen LogP contribution is -2.47. The maximum absolute atomic E-state index is 12.2. The number of aliphatic hydroxyl groups is 1. The monoisotopic (exact) mass is 468 g/mol. The van der Waals surface area contributed by atoms with Gasteiger partial charge >= 0.3 is 12.1 Å². The number of fused-ring (bicyclic) bond motifs is 3. The average molecular weight is 469 g/mol. The number of hydrogen-bond donors (Lipinski definition) is 4. The summed E-state index contributed by atoms with van der Waals surface area (Å²) in [6.07, 6.45) is -0.336. The van der Waals surface area contributed by atoms with Gasteiger partial charge in [-0.3, -0.25) is 4.79 Å². The Kier molecular flexibility index (Phi) is 8.65. The van der Waals surface area contributed by atoms with Crippen LogP contribution in [0.3, 0.4) is 0 Å². The van der Waals surface area contributed by atoms with Gasteiger partial charge in [-0.2, -0.15) is 0 Å². The van der Waals surface area contributed by atoms with Gasteiger partial charge in [0.1, 0.15) is 6.61 Å². The molecule has 0 aromatic heterocycles. The van der Waals surface area contributed by atoms with Gasteiger partial charge < -0.3 is 25.6 Å². The predicted octanol–water partition coefficient (Wildman–Crippen LogP) is 3.28. The zero-order valence-electron chi connectivity index (χ0n) is 19.5. The first-order chi connectivity index (χ1) is 16.3. The molecule has 1 unspecified atom stereocenters. The summed E-state index contributed by atoms with van der Waals surface area (Å²) < 4.78 is 5.51. The Morgan fingerprint density at radius 1 is 0.971 bits per heavy atom. The van der Waals surface area contributed by atoms with Gasteiger partial charge in [-0.25, -0.2) is 9.59 Å². The molecule has 0 saturated heterocycles. The number of rotatable bonds is 11. The summed E-state index contributed by atoms with van der Waals surface area (Å²) in [7, 11) is 0. The number of alkyl carbamates (subject to hydrolysis) is 1. The molecule has 0 fully saturated rings. The van der Waals surface area contributed by atoms with Crippen LogP contribution in [0, 0.1) is 5.92 Å². The van der Waals surface area contributed by atoms with Crippen molar-refractivity contribution in [3.63, 3.8) is 0 Å². The van der Waals surface area contributed by atoms with Crippen LogP contribution in [0.2, 0.25) is 0 Å². The van der Waals surface area contributed by atoms with Crippen molar-refractivity contribution < 1.29 is 29.3 Å². The summed E-state index contributed by atoms with van der Waals surface area (Å²) in [5, 5.41) is 23.5. The lowest BCUT2D eigenvalue weighted by atomic mass is 9.98. The number of aliphatic carboxylic acids is 1. The number of nitrogens with one attached hydrogen (secondary N) is 2. The summed E-state index contributed by atoms with van der Waals surface area (Å²) >= 11 is 0. The maximum Gasteiger partial charge on any atom is 0.407 e. The van der Waals surface area contributed by atoms with Gasteiger partial charge in [0.2, 0.25) is 5.91 Å². The van der Waals surface area contributed by atoms with E-state index in [1.807, 2.05) is 31.2 Å². The van der Waals surface area contributed by atoms with Crippen LogP contribution in [0.15, 0.2) is 48.5 Å². The molecule has 8 nitrogen and oxygen atoms in total. The Balaban J connectivity index is 1.38. The fourth-order valence-electron chi connectivity index (χ4n) is 4.23. The van der Waals surface area contributed by atoms with Crippen molar-refractivity contribution in [3.8, 4) is 11.1 Å². The first-order valence-electron chi connectivity index (χ1n) is 11.6. The topological polar surface area (TPSA) is 125 Å². The number of hydrogen-bond acceptors (Lipinski definition) is 5. The molecule has 0 saturated carbocycles. The predicted molar refractivity (Wildman–Crippen MR) is 127 cm³/mol. The Labute approximate surface area is 199 Å². The van der Waals surface area contributed by atoms with Crippen LogP contribution in [0.4, 0.5) is 4.79 Å². The average Bonchev–Trinajstić information content (AvgIpc) is 3.13. The van der Waals surface area contributed by atoms with Crippen molar-refractivity contribution in [1.29, 1.82) is 0 Å². The van der Waals surface area contributed by atoms with Crippen molar-refractivity contribution in [2.45, 2.75) is 51.2 Å². The molecule has 3 rings (SSSR count). The van der Waals surface area contributed by atoms with E-state index in [0.29, 0.717) is 19.4 Å². The molecule has 2 aromatic rings. The van der Waals surface area contributed by atoms with Crippen LogP contribution in [-0.4, -0.2) is 53.5 Å². The van der Waals surface area contributed by atoms with E-state index in [1.54, 1.807) is 0 Å². The van der Waals surface area contributed by atoms with Crippen LogP contribution in [0.1, 0.15) is 50.2 Å². The van der Waals surface area contributed by atoms with E-state index in [0.717, 1.165) is 11.1 Å². The number of carbonyl (C=O) groups is 3. The van der Waals surface area contributed by atoms with Gasteiger partial charge in [0.05, 0.1) is 6.10 Å². The largest absolute Gasteiger partial charge is 0.480 e. The number of benzene rings is 2. The first kappa shape index (κ1) is 25.2. The van der Waals surface area contributed by atoms with Gasteiger partial charge in [0.15, 0.2) is 6.04 Å². The van der Waals surface area contributed by atoms with Gasteiger partial charge in [-0.05, 0) is 47.9 Å². The Hall–Kier alpha value is -3.39. The highest BCUT2D eigenvalue weighted by Crippen LogP contribution is 2.44. The standard InChI is InChI=1S/C26H32N2O6/c1-16(11-12-23(30)28-24(17(2)29)25(31)32)13-14-27-26(33)34-15-22-20-9-5-3-7-18(20)19-8-4-6-10-21(19)22/h3-10,16-17,22,24,29H,11-15H2,1-2H3,(H,27,33)(H,28,30)(H,31,32)/t16?,17-,24+/m1/s1. The van der Waals surface area contributed by atoms with Crippen molar-refractivity contribution in [3.05, 3.63) is 59.7 Å². The highest BCUT2D eigenvalue weighted by molar-refractivity contribution is 5.84. The third-order valence-corrected chi connectivity index (χ3v) is 6.18. The third kappa shape index (κ3) is 6.35. The second kappa shape index (κ2) is 11.7. The van der Waals surface area contributed by atoms with Crippen molar-refractivity contribution in [1.82, 2.24) is 10.6 Å². The number of ether oxygens (including phenoxy) is 1. The minimum atomic E-state index is -1.32. The van der Waals surface area contributed by atoms with Gasteiger partial charge in [-0.15, -0.1) is 0 Å². The van der Waals surface area contributed by atoms with E-state index in [9.17, 15) is 19.5 Å². The summed E-state index contributed by atoms with van der Waals surface area (Å²) in [4.78, 5) is 35.3. The number of amides is 2. The smallest absolute Gasteiger partial charge is 0.407 e. The van der Waals surface area contributed by atoms with Crippen molar-refractivity contribution in [2.24, 2.45) is 5.92 Å². The fourth-order valence-corrected chi connectivity index (χ4v) is 4.23. The zero-order chi connectivity index (χ0) is 24.7. The van der Waals surface area contributed by atoms with Crippen LogP contribution in [-0.2, 0) is 14.3 Å². The summed E-state index contributed by atoms with van der Waals surface area (Å²) in [5.41, 5.74) is 4.66. The minimum Gasteiger partial charge on any atom is -0.480 e. The number of aliphatic hydroxyl groups excluding tert-OH is 1. The molecule has 4 N–H and O–H groups in total. The molecule has 3 atom stereocenters. The normalized spacial score (nSPS) is 14.9. The highest BCUT2D eigenvalue weighted by Gasteiger charge is 2.29. The summed E-state index contributed by atoms with van der Waals surface area (Å²) in [6, 6.07) is 15.0. The Morgan fingerprint density at radius 3 is 2.12 bits per heavy atom. The van der Waals surface area contributed by atoms with Crippen LogP contribution < -0.4 is 10.6 Å². The van der Waals surface area contributed by atoms with E-state index >= 15 is 0 Å². The Morgan fingerprint density at radius 2 is 1.56 bits per heavy atom. The second-order valence-electron chi connectivity index (χ2n) is 8.81. The highest BCUT2D eigenvalue weighted by atomic mass is 16.5. The molecule has 0 aliphatic heterocycles. The molecule has 8 heteroatoms. The molecule has 0 heterocycles. The van der Waals surface area contributed by atoms with Crippen molar-refractivity contribution in [2.75, 3.05) is 13.2 Å². The van der Waals surface area contributed by atoms with Gasteiger partial charge in [0, 0.05) is 18.9 Å². The van der Waals surface area contributed by atoms with E-state index < -0.39 is 30.1 Å². The van der Waals surface area contributed by atoms with Crippen LogP contribution >= 0.6 is 0 Å². The first-order valence-corrected chi connectivity index (χ1v) is 11.6. The van der Waals surface area contributed by atoms with Crippen molar-refractivity contribution >= 4 is 18.0 Å². The summed E-state index contributed by atoms with van der Waals surface area (Å²) in [6.45, 7) is 3.93. The molecular formula is C26H32N2O6. The molecule has 0 radical (unpaired) electrons. The lowest BCUT2D eigenvalue weighted by molar-refractivity contribution is -0.144. The maximum atomic E-state index is 12.2. The van der Waals surface area contributed by atoms with Crippen LogP contribution in [0.5, 0.6) is 0 Å². The summed E-state index contributed by atoms with van der Waals surface area (Å²) in [5.74, 6) is -1.56. The molecule has 0 spiro atoms. The molecular weight excluding hydrogens is 436 g/mol. The number of carbonyl (C=O) groups excluding carboxylic acids is 2. The van der Waals surface area contributed by atoms with E-state index in [4.69, 9.17) is 9.84 Å². The minimum absolute atomic E-state index is 0.00635. The molecule has 1 aliphatic carbocycles. The third-order valence-electron chi connectivity index (χ3n) is 6.18. The number of carboxylic acids is 1.